The Kier molecular flexibility index (Phi) is 5.53. The second-order valence-corrected chi connectivity index (χ2v) is 9.29. The molecule has 32 heavy (non-hydrogen) atoms. The Morgan fingerprint density at radius 2 is 1.41 bits per heavy atom. The monoisotopic (exact) mass is 418 g/mol. The lowest BCUT2D eigenvalue weighted by molar-refractivity contribution is 0.646. The number of benzene rings is 4. The molecule has 1 heterocycles. The van der Waals surface area contributed by atoms with Gasteiger partial charge in [-0.3, -0.25) is 0 Å². The van der Waals surface area contributed by atoms with E-state index in [1.807, 2.05) is 0 Å². The largest absolute Gasteiger partial charge is 0.323 e. The van der Waals surface area contributed by atoms with Crippen LogP contribution in [0.2, 0.25) is 0 Å². The van der Waals surface area contributed by atoms with E-state index in [0.29, 0.717) is 5.92 Å². The van der Waals surface area contributed by atoms with Gasteiger partial charge >= 0.3 is 0 Å². The Labute approximate surface area is 190 Å². The van der Waals surface area contributed by atoms with Crippen molar-refractivity contribution in [1.82, 2.24) is 9.55 Å². The lowest BCUT2D eigenvalue weighted by atomic mass is 9.96. The molecule has 0 fully saturated rings. The number of hydrogen-bond donors (Lipinski definition) is 0. The molecule has 5 aromatic rings. The van der Waals surface area contributed by atoms with Crippen molar-refractivity contribution in [3.8, 4) is 0 Å². The molecule has 0 aliphatic rings. The molecular weight excluding hydrogens is 388 g/mol. The highest BCUT2D eigenvalue weighted by molar-refractivity contribution is 5.83. The molecule has 160 valence electrons. The molecule has 0 saturated heterocycles. The van der Waals surface area contributed by atoms with Crippen molar-refractivity contribution < 1.29 is 0 Å². The maximum Gasteiger partial charge on any atom is 0.117 e. The molecular formula is C30H30N2. The third kappa shape index (κ3) is 4.05. The molecule has 2 heteroatoms. The summed E-state index contributed by atoms with van der Waals surface area (Å²) in [5, 5.41) is 2.56. The molecule has 0 N–H and O–H groups in total. The van der Waals surface area contributed by atoms with E-state index < -0.39 is 0 Å². The summed E-state index contributed by atoms with van der Waals surface area (Å²) >= 11 is 0. The van der Waals surface area contributed by atoms with Gasteiger partial charge in [0, 0.05) is 12.5 Å². The Hall–Kier alpha value is -3.39. The molecule has 0 saturated carbocycles. The molecule has 0 bridgehead atoms. The van der Waals surface area contributed by atoms with Crippen LogP contribution < -0.4 is 0 Å². The van der Waals surface area contributed by atoms with Gasteiger partial charge < -0.3 is 4.57 Å². The Morgan fingerprint density at radius 1 is 0.719 bits per heavy atom. The summed E-state index contributed by atoms with van der Waals surface area (Å²) in [5.41, 5.74) is 6.27. The van der Waals surface area contributed by atoms with Crippen molar-refractivity contribution in [1.29, 1.82) is 0 Å². The standard InChI is InChI=1S/C30H30N2/c1-21(2)18-23-12-15-25(16-13-23)22(3)30-31-28-10-6-7-11-29(28)32(30)20-24-14-17-26-8-4-5-9-27(26)19-24/h4-17,19,21-22H,18,20H2,1-3H3. The molecule has 1 aromatic heterocycles. The van der Waals surface area contributed by atoms with E-state index in [1.54, 1.807) is 0 Å². The lowest BCUT2D eigenvalue weighted by Gasteiger charge is -2.16. The minimum absolute atomic E-state index is 0.218. The van der Waals surface area contributed by atoms with Gasteiger partial charge in [0.1, 0.15) is 5.82 Å². The Morgan fingerprint density at radius 3 is 2.19 bits per heavy atom. The van der Waals surface area contributed by atoms with E-state index in [-0.39, 0.29) is 5.92 Å². The van der Waals surface area contributed by atoms with E-state index in [0.717, 1.165) is 24.3 Å². The van der Waals surface area contributed by atoms with Crippen molar-refractivity contribution in [2.24, 2.45) is 5.92 Å². The van der Waals surface area contributed by atoms with Gasteiger partial charge in [0.2, 0.25) is 0 Å². The van der Waals surface area contributed by atoms with Crippen LogP contribution in [-0.4, -0.2) is 9.55 Å². The molecule has 4 aromatic carbocycles. The summed E-state index contributed by atoms with van der Waals surface area (Å²) in [4.78, 5) is 5.08. The summed E-state index contributed by atoms with van der Waals surface area (Å²) < 4.78 is 2.39. The topological polar surface area (TPSA) is 17.8 Å². The molecule has 0 aliphatic heterocycles. The fraction of sp³-hybridized carbons (Fsp3) is 0.233. The van der Waals surface area contributed by atoms with Crippen LogP contribution in [0.15, 0.2) is 91.0 Å². The third-order valence-electron chi connectivity index (χ3n) is 6.35. The van der Waals surface area contributed by atoms with Crippen LogP contribution in [0.3, 0.4) is 0 Å². The van der Waals surface area contributed by atoms with Crippen LogP contribution >= 0.6 is 0 Å². The average Bonchev–Trinajstić information content (AvgIpc) is 3.17. The second kappa shape index (κ2) is 8.63. The third-order valence-corrected chi connectivity index (χ3v) is 6.35. The maximum absolute atomic E-state index is 5.08. The van der Waals surface area contributed by atoms with Gasteiger partial charge in [-0.25, -0.2) is 4.98 Å². The first-order valence-electron chi connectivity index (χ1n) is 11.6. The molecule has 0 amide bonds. The molecule has 2 nitrogen and oxygen atoms in total. The zero-order chi connectivity index (χ0) is 22.1. The van der Waals surface area contributed by atoms with Gasteiger partial charge in [0.05, 0.1) is 11.0 Å². The van der Waals surface area contributed by atoms with E-state index in [1.165, 1.54) is 33.0 Å². The summed E-state index contributed by atoms with van der Waals surface area (Å²) in [6.45, 7) is 7.63. The van der Waals surface area contributed by atoms with Crippen LogP contribution in [0.4, 0.5) is 0 Å². The highest BCUT2D eigenvalue weighted by Crippen LogP contribution is 2.29. The number of para-hydroxylation sites is 2. The van der Waals surface area contributed by atoms with Gasteiger partial charge in [0.25, 0.3) is 0 Å². The van der Waals surface area contributed by atoms with Gasteiger partial charge in [-0.05, 0) is 58.0 Å². The van der Waals surface area contributed by atoms with Crippen molar-refractivity contribution >= 4 is 21.8 Å². The summed E-state index contributed by atoms with van der Waals surface area (Å²) in [6.07, 6.45) is 1.12. The SMILES string of the molecule is CC(C)Cc1ccc(C(C)c2nc3ccccc3n2Cc2ccc3ccccc3c2)cc1. The van der Waals surface area contributed by atoms with Gasteiger partial charge in [-0.1, -0.05) is 93.6 Å². The van der Waals surface area contributed by atoms with Crippen molar-refractivity contribution in [2.75, 3.05) is 0 Å². The predicted molar refractivity (Wildman–Crippen MR) is 135 cm³/mol. The summed E-state index contributed by atoms with van der Waals surface area (Å²) in [6, 6.07) is 32.9. The number of nitrogens with zero attached hydrogens (tertiary/aromatic N) is 2. The number of hydrogen-bond acceptors (Lipinski definition) is 1. The van der Waals surface area contributed by atoms with E-state index in [2.05, 4.69) is 116 Å². The quantitative estimate of drug-likeness (QED) is 0.278. The van der Waals surface area contributed by atoms with Crippen LogP contribution in [-0.2, 0) is 13.0 Å². The zero-order valence-electron chi connectivity index (χ0n) is 19.1. The van der Waals surface area contributed by atoms with Gasteiger partial charge in [-0.15, -0.1) is 0 Å². The average molecular weight is 419 g/mol. The van der Waals surface area contributed by atoms with E-state index >= 15 is 0 Å². The van der Waals surface area contributed by atoms with E-state index in [4.69, 9.17) is 4.98 Å². The molecule has 5 rings (SSSR count). The Balaban J connectivity index is 1.53. The van der Waals surface area contributed by atoms with E-state index in [9.17, 15) is 0 Å². The van der Waals surface area contributed by atoms with Gasteiger partial charge in [-0.2, -0.15) is 0 Å². The Bertz CT molecular complexity index is 1360. The maximum atomic E-state index is 5.08. The predicted octanol–water partition coefficient (Wildman–Crippen LogP) is 7.59. The van der Waals surface area contributed by atoms with Gasteiger partial charge in [0.15, 0.2) is 0 Å². The molecule has 0 spiro atoms. The van der Waals surface area contributed by atoms with Crippen LogP contribution in [0, 0.1) is 5.92 Å². The van der Waals surface area contributed by atoms with Crippen molar-refractivity contribution in [3.63, 3.8) is 0 Å². The fourth-order valence-corrected chi connectivity index (χ4v) is 4.67. The summed E-state index contributed by atoms with van der Waals surface area (Å²) in [7, 11) is 0. The molecule has 0 aliphatic carbocycles. The van der Waals surface area contributed by atoms with Crippen molar-refractivity contribution in [2.45, 2.75) is 39.7 Å². The van der Waals surface area contributed by atoms with Crippen LogP contribution in [0.25, 0.3) is 21.8 Å². The normalized spacial score (nSPS) is 12.6. The number of rotatable bonds is 6. The second-order valence-electron chi connectivity index (χ2n) is 9.29. The van der Waals surface area contributed by atoms with Crippen molar-refractivity contribution in [3.05, 3.63) is 114 Å². The number of imidazole rings is 1. The first-order valence-corrected chi connectivity index (χ1v) is 11.6. The molecule has 1 atom stereocenters. The molecule has 1 unspecified atom stereocenters. The smallest absolute Gasteiger partial charge is 0.117 e. The minimum Gasteiger partial charge on any atom is -0.323 e. The zero-order valence-corrected chi connectivity index (χ0v) is 19.1. The lowest BCUT2D eigenvalue weighted by Crippen LogP contribution is -2.09. The number of aromatic nitrogens is 2. The highest BCUT2D eigenvalue weighted by atomic mass is 15.1. The highest BCUT2D eigenvalue weighted by Gasteiger charge is 2.18. The van der Waals surface area contributed by atoms with Crippen LogP contribution in [0.5, 0.6) is 0 Å². The van der Waals surface area contributed by atoms with Crippen LogP contribution in [0.1, 0.15) is 49.2 Å². The summed E-state index contributed by atoms with van der Waals surface area (Å²) in [5.74, 6) is 2.01. The first-order chi connectivity index (χ1) is 15.6. The fourth-order valence-electron chi connectivity index (χ4n) is 4.67. The minimum atomic E-state index is 0.218. The molecule has 0 radical (unpaired) electrons. The number of fused-ring (bicyclic) bond motifs is 2. The first kappa shape index (κ1) is 20.5.